The van der Waals surface area contributed by atoms with E-state index in [0.29, 0.717) is 17.7 Å². The van der Waals surface area contributed by atoms with Gasteiger partial charge in [0.25, 0.3) is 0 Å². The molecule has 0 saturated carbocycles. The van der Waals surface area contributed by atoms with Crippen LogP contribution in [-0.4, -0.2) is 23.5 Å². The molecule has 42 heavy (non-hydrogen) atoms. The summed E-state index contributed by atoms with van der Waals surface area (Å²) in [5.41, 5.74) is 2.06. The number of hydrogen-bond acceptors (Lipinski definition) is 4. The third kappa shape index (κ3) is 11.6. The van der Waals surface area contributed by atoms with Crippen molar-refractivity contribution >= 4 is 11.8 Å². The van der Waals surface area contributed by atoms with Gasteiger partial charge in [-0.1, -0.05) is 144 Å². The van der Waals surface area contributed by atoms with Gasteiger partial charge in [-0.2, -0.15) is 0 Å². The van der Waals surface area contributed by atoms with E-state index in [4.69, 9.17) is 4.74 Å². The average Bonchev–Trinajstić information content (AvgIpc) is 2.93. The summed E-state index contributed by atoms with van der Waals surface area (Å²) in [5, 5.41) is 10.4. The Hall–Kier alpha value is -2.62. The molecule has 0 radical (unpaired) electrons. The number of para-hydroxylation sites is 1. The van der Waals surface area contributed by atoms with Crippen molar-refractivity contribution in [2.24, 2.45) is 0 Å². The second kappa shape index (κ2) is 17.5. The van der Waals surface area contributed by atoms with Crippen LogP contribution in [0.25, 0.3) is 0 Å². The minimum Gasteiger partial charge on any atom is -0.507 e. The molecule has 0 aliphatic heterocycles. The van der Waals surface area contributed by atoms with Gasteiger partial charge >= 0.3 is 5.97 Å². The number of ether oxygens (including phenoxy) is 1. The number of aromatic hydroxyl groups is 1. The maximum absolute atomic E-state index is 13.8. The van der Waals surface area contributed by atoms with Crippen molar-refractivity contribution in [1.82, 2.24) is 0 Å². The minimum absolute atomic E-state index is 0.0427. The first-order chi connectivity index (χ1) is 19.9. The first-order valence-corrected chi connectivity index (χ1v) is 16.6. The van der Waals surface area contributed by atoms with Gasteiger partial charge in [-0.3, -0.25) is 4.79 Å². The molecule has 0 bridgehead atoms. The lowest BCUT2D eigenvalue weighted by Crippen LogP contribution is -2.26. The summed E-state index contributed by atoms with van der Waals surface area (Å²) in [7, 11) is 0. The van der Waals surface area contributed by atoms with Gasteiger partial charge in [0, 0.05) is 5.56 Å². The molecule has 0 aliphatic carbocycles. The fourth-order valence-corrected chi connectivity index (χ4v) is 5.53. The lowest BCUT2D eigenvalue weighted by Gasteiger charge is -2.30. The molecule has 0 amide bonds. The molecule has 0 fully saturated rings. The van der Waals surface area contributed by atoms with Gasteiger partial charge in [-0.05, 0) is 52.6 Å². The number of carbonyl (C=O) groups excluding carboxylic acids is 2. The first-order valence-electron chi connectivity index (χ1n) is 16.6. The second-order valence-electron chi connectivity index (χ2n) is 14.0. The van der Waals surface area contributed by atoms with Gasteiger partial charge in [0.05, 0.1) is 17.7 Å². The van der Waals surface area contributed by atoms with Gasteiger partial charge in [0.2, 0.25) is 0 Å². The number of hydrogen-bond donors (Lipinski definition) is 1. The van der Waals surface area contributed by atoms with E-state index in [2.05, 4.69) is 6.92 Å². The summed E-state index contributed by atoms with van der Waals surface area (Å²) in [4.78, 5) is 27.0. The molecule has 0 aromatic heterocycles. The van der Waals surface area contributed by atoms with E-state index in [1.165, 1.54) is 83.1 Å². The van der Waals surface area contributed by atoms with Crippen molar-refractivity contribution < 1.29 is 19.4 Å². The predicted octanol–water partition coefficient (Wildman–Crippen LogP) is 10.9. The smallest absolute Gasteiger partial charge is 0.338 e. The topological polar surface area (TPSA) is 63.6 Å². The van der Waals surface area contributed by atoms with Crippen LogP contribution >= 0.6 is 0 Å². The van der Waals surface area contributed by atoms with Gasteiger partial charge in [-0.25, -0.2) is 4.79 Å². The van der Waals surface area contributed by atoms with E-state index in [9.17, 15) is 14.7 Å². The van der Waals surface area contributed by atoms with Crippen molar-refractivity contribution in [1.29, 1.82) is 0 Å². The summed E-state index contributed by atoms with van der Waals surface area (Å²) in [6.45, 7) is 14.9. The summed E-state index contributed by atoms with van der Waals surface area (Å²) >= 11 is 0. The van der Waals surface area contributed by atoms with E-state index in [0.717, 1.165) is 24.0 Å². The molecule has 0 saturated heterocycles. The van der Waals surface area contributed by atoms with Crippen molar-refractivity contribution in [3.8, 4) is 5.75 Å². The van der Waals surface area contributed by atoms with Crippen LogP contribution in [0.4, 0.5) is 0 Å². The van der Waals surface area contributed by atoms with Crippen LogP contribution in [0.3, 0.4) is 0 Å². The van der Waals surface area contributed by atoms with Crippen LogP contribution in [0.15, 0.2) is 36.4 Å². The standard InChI is InChI=1S/C38H58O4/c1-8-9-10-11-12-13-14-15-16-17-18-19-20-23-26-42-36(41)29-27-31(37(2,3)4)34(32(28-29)38(5,6)7)35(40)30-24-21-22-25-33(30)39/h21-22,24-25,27-28,39H,8-20,23,26H2,1-7H3. The Labute approximate surface area is 256 Å². The Morgan fingerprint density at radius 3 is 1.52 bits per heavy atom. The molecule has 2 rings (SSSR count). The van der Waals surface area contributed by atoms with Crippen LogP contribution in [0.5, 0.6) is 5.75 Å². The lowest BCUT2D eigenvalue weighted by atomic mass is 9.73. The van der Waals surface area contributed by atoms with E-state index in [1.54, 1.807) is 18.2 Å². The molecule has 4 heteroatoms. The highest BCUT2D eigenvalue weighted by Gasteiger charge is 2.32. The van der Waals surface area contributed by atoms with Gasteiger partial charge < -0.3 is 9.84 Å². The molecule has 2 aromatic carbocycles. The molecule has 0 spiro atoms. The maximum Gasteiger partial charge on any atom is 0.338 e. The van der Waals surface area contributed by atoms with Crippen molar-refractivity contribution in [2.45, 2.75) is 149 Å². The quantitative estimate of drug-likeness (QED) is 0.109. The van der Waals surface area contributed by atoms with Crippen LogP contribution in [0.1, 0.15) is 176 Å². The molecule has 234 valence electrons. The van der Waals surface area contributed by atoms with Crippen molar-refractivity contribution in [2.75, 3.05) is 6.61 Å². The Kier molecular flexibility index (Phi) is 14.8. The number of esters is 1. The number of rotatable bonds is 18. The monoisotopic (exact) mass is 578 g/mol. The van der Waals surface area contributed by atoms with Crippen molar-refractivity contribution in [3.63, 3.8) is 0 Å². The number of benzene rings is 2. The fourth-order valence-electron chi connectivity index (χ4n) is 5.53. The molecule has 1 N–H and O–H groups in total. The van der Waals surface area contributed by atoms with Crippen LogP contribution in [-0.2, 0) is 15.6 Å². The number of phenols is 1. The fraction of sp³-hybridized carbons (Fsp3) is 0.632. The molecule has 2 aromatic rings. The summed E-state index contributed by atoms with van der Waals surface area (Å²) < 4.78 is 5.71. The SMILES string of the molecule is CCCCCCCCCCCCCCCCOC(=O)c1cc(C(C)(C)C)c(C(=O)c2ccccc2O)c(C(C)(C)C)c1. The van der Waals surface area contributed by atoms with Gasteiger partial charge in [-0.15, -0.1) is 0 Å². The summed E-state index contributed by atoms with van der Waals surface area (Å²) in [6, 6.07) is 10.3. The van der Waals surface area contributed by atoms with Gasteiger partial charge in [0.1, 0.15) is 5.75 Å². The molecule has 0 unspecified atom stereocenters. The molecule has 0 aliphatic rings. The normalized spacial score (nSPS) is 12.0. The zero-order chi connectivity index (χ0) is 31.2. The Morgan fingerprint density at radius 2 is 1.10 bits per heavy atom. The van der Waals surface area contributed by atoms with E-state index in [-0.39, 0.29) is 23.1 Å². The van der Waals surface area contributed by atoms with Crippen molar-refractivity contribution in [3.05, 3.63) is 64.2 Å². The third-order valence-corrected chi connectivity index (χ3v) is 8.10. The van der Waals surface area contributed by atoms with Crippen LogP contribution in [0.2, 0.25) is 0 Å². The molecular weight excluding hydrogens is 520 g/mol. The molecule has 4 nitrogen and oxygen atoms in total. The number of carbonyl (C=O) groups is 2. The first kappa shape index (κ1) is 35.6. The highest BCUT2D eigenvalue weighted by molar-refractivity contribution is 6.13. The lowest BCUT2D eigenvalue weighted by molar-refractivity contribution is 0.0497. The molecular formula is C38H58O4. The zero-order valence-electron chi connectivity index (χ0n) is 27.7. The summed E-state index contributed by atoms with van der Waals surface area (Å²) in [5.74, 6) is -0.619. The van der Waals surface area contributed by atoms with E-state index < -0.39 is 10.8 Å². The Bertz CT molecular complexity index is 1080. The Balaban J connectivity index is 1.93. The largest absolute Gasteiger partial charge is 0.507 e. The van der Waals surface area contributed by atoms with Gasteiger partial charge in [0.15, 0.2) is 5.78 Å². The second-order valence-corrected chi connectivity index (χ2v) is 14.0. The third-order valence-electron chi connectivity index (χ3n) is 8.10. The molecule has 0 heterocycles. The summed E-state index contributed by atoms with van der Waals surface area (Å²) in [6.07, 6.45) is 18.0. The predicted molar refractivity (Wildman–Crippen MR) is 176 cm³/mol. The van der Waals surface area contributed by atoms with E-state index >= 15 is 0 Å². The average molecular weight is 579 g/mol. The highest BCUT2D eigenvalue weighted by Crippen LogP contribution is 2.38. The van der Waals surface area contributed by atoms with E-state index in [1.807, 2.05) is 53.7 Å². The number of ketones is 1. The zero-order valence-corrected chi connectivity index (χ0v) is 27.7. The van der Waals surface area contributed by atoms with Crippen LogP contribution in [0, 0.1) is 0 Å². The minimum atomic E-state index is -0.402. The molecule has 0 atom stereocenters. The number of phenolic OH excluding ortho intramolecular Hbond substituents is 1. The highest BCUT2D eigenvalue weighted by atomic mass is 16.5. The maximum atomic E-state index is 13.8. The number of unbranched alkanes of at least 4 members (excludes halogenated alkanes) is 13. The Morgan fingerprint density at radius 1 is 0.667 bits per heavy atom. The van der Waals surface area contributed by atoms with Crippen LogP contribution < -0.4 is 0 Å².